The highest BCUT2D eigenvalue weighted by Gasteiger charge is 2.24. The van der Waals surface area contributed by atoms with Crippen LogP contribution in [0.5, 0.6) is 0 Å². The van der Waals surface area contributed by atoms with Crippen LogP contribution in [0.4, 0.5) is 0 Å². The zero-order chi connectivity index (χ0) is 13.8. The van der Waals surface area contributed by atoms with Crippen LogP contribution in [0.3, 0.4) is 0 Å². The van der Waals surface area contributed by atoms with E-state index in [0.717, 1.165) is 28.4 Å². The van der Waals surface area contributed by atoms with Gasteiger partial charge in [0.25, 0.3) is 0 Å². The molecule has 4 heteroatoms. The fourth-order valence-electron chi connectivity index (χ4n) is 2.70. The maximum Gasteiger partial charge on any atom is 0.239 e. The minimum absolute atomic E-state index is 0.310. The van der Waals surface area contributed by atoms with Crippen molar-refractivity contribution in [2.45, 2.75) is 51.1 Å². The van der Waals surface area contributed by atoms with Gasteiger partial charge in [0.1, 0.15) is 6.04 Å². The van der Waals surface area contributed by atoms with Crippen LogP contribution in [0.1, 0.15) is 49.3 Å². The molecule has 0 bridgehead atoms. The van der Waals surface area contributed by atoms with Gasteiger partial charge in [0.05, 0.1) is 0 Å². The predicted molar refractivity (Wildman–Crippen MR) is 80.8 cm³/mol. The Morgan fingerprint density at radius 3 is 2.63 bits per heavy atom. The molecule has 1 unspecified atom stereocenters. The third-order valence-electron chi connectivity index (χ3n) is 3.76. The molecule has 1 amide bonds. The topological polar surface area (TPSA) is 55.1 Å². The number of benzene rings is 1. The summed E-state index contributed by atoms with van der Waals surface area (Å²) < 4.78 is 0.944. The third-order valence-corrected chi connectivity index (χ3v) is 4.45. The van der Waals surface area contributed by atoms with Crippen molar-refractivity contribution >= 4 is 21.8 Å². The lowest BCUT2D eigenvalue weighted by atomic mass is 9.93. The van der Waals surface area contributed by atoms with Crippen molar-refractivity contribution in [1.82, 2.24) is 5.32 Å². The number of carbonyl (C=O) groups excluding carboxylic acids is 1. The van der Waals surface area contributed by atoms with Crippen molar-refractivity contribution in [3.05, 3.63) is 33.8 Å². The summed E-state index contributed by atoms with van der Waals surface area (Å²) in [4.78, 5) is 11.7. The molecule has 1 aromatic carbocycles. The Bertz CT molecular complexity index is 455. The van der Waals surface area contributed by atoms with Gasteiger partial charge in [0.15, 0.2) is 0 Å². The van der Waals surface area contributed by atoms with Gasteiger partial charge in [-0.05, 0) is 37.0 Å². The smallest absolute Gasteiger partial charge is 0.239 e. The Morgan fingerprint density at radius 2 is 2.05 bits per heavy atom. The molecule has 0 saturated heterocycles. The lowest BCUT2D eigenvalue weighted by molar-refractivity contribution is -0.120. The van der Waals surface area contributed by atoms with E-state index in [1.165, 1.54) is 19.3 Å². The minimum Gasteiger partial charge on any atom is -0.368 e. The first-order chi connectivity index (χ1) is 9.08. The molecule has 0 spiro atoms. The lowest BCUT2D eigenvalue weighted by Crippen LogP contribution is -2.41. The second-order valence-electron chi connectivity index (χ2n) is 5.36. The molecule has 2 rings (SSSR count). The molecule has 3 N–H and O–H groups in total. The molecule has 0 aliphatic heterocycles. The van der Waals surface area contributed by atoms with E-state index in [-0.39, 0.29) is 5.91 Å². The first-order valence-corrected chi connectivity index (χ1v) is 7.68. The average molecular weight is 325 g/mol. The molecule has 19 heavy (non-hydrogen) atoms. The van der Waals surface area contributed by atoms with Gasteiger partial charge >= 0.3 is 0 Å². The average Bonchev–Trinajstić information content (AvgIpc) is 2.38. The summed E-state index contributed by atoms with van der Waals surface area (Å²) in [5, 5.41) is 3.43. The van der Waals surface area contributed by atoms with E-state index in [0.29, 0.717) is 6.04 Å². The van der Waals surface area contributed by atoms with Crippen molar-refractivity contribution in [3.63, 3.8) is 0 Å². The third kappa shape index (κ3) is 3.80. The van der Waals surface area contributed by atoms with Crippen molar-refractivity contribution in [2.75, 3.05) is 0 Å². The zero-order valence-corrected chi connectivity index (χ0v) is 12.9. The van der Waals surface area contributed by atoms with Crippen molar-refractivity contribution in [2.24, 2.45) is 5.73 Å². The van der Waals surface area contributed by atoms with Crippen LogP contribution in [0, 0.1) is 6.92 Å². The minimum atomic E-state index is -0.405. The highest BCUT2D eigenvalue weighted by molar-refractivity contribution is 9.10. The molecule has 1 aromatic rings. The van der Waals surface area contributed by atoms with Crippen LogP contribution in [0.15, 0.2) is 22.7 Å². The summed E-state index contributed by atoms with van der Waals surface area (Å²) in [6.45, 7) is 2.03. The van der Waals surface area contributed by atoms with Gasteiger partial charge in [-0.25, -0.2) is 0 Å². The number of amides is 1. The van der Waals surface area contributed by atoms with Crippen molar-refractivity contribution < 1.29 is 4.79 Å². The summed E-state index contributed by atoms with van der Waals surface area (Å²) >= 11 is 3.53. The van der Waals surface area contributed by atoms with Crippen LogP contribution in [0.25, 0.3) is 0 Å². The van der Waals surface area contributed by atoms with Crippen LogP contribution >= 0.6 is 15.9 Å². The molecular formula is C15H21BrN2O. The first kappa shape index (κ1) is 14.5. The monoisotopic (exact) mass is 324 g/mol. The van der Waals surface area contributed by atoms with E-state index in [1.807, 2.05) is 25.1 Å². The Morgan fingerprint density at radius 1 is 1.37 bits per heavy atom. The summed E-state index contributed by atoms with van der Waals surface area (Å²) in [6, 6.07) is 6.01. The SMILES string of the molecule is Cc1ccc(C(NC2CCCCC2)C(N)=O)c(Br)c1. The van der Waals surface area contributed by atoms with Crippen LogP contribution in [-0.4, -0.2) is 11.9 Å². The highest BCUT2D eigenvalue weighted by Crippen LogP contribution is 2.27. The van der Waals surface area contributed by atoms with Gasteiger partial charge in [-0.3, -0.25) is 10.1 Å². The second-order valence-corrected chi connectivity index (χ2v) is 6.22. The van der Waals surface area contributed by atoms with Crippen LogP contribution in [-0.2, 0) is 4.79 Å². The zero-order valence-electron chi connectivity index (χ0n) is 11.3. The molecule has 1 aliphatic carbocycles. The quantitative estimate of drug-likeness (QED) is 0.893. The Hall–Kier alpha value is -0.870. The van der Waals surface area contributed by atoms with E-state index < -0.39 is 6.04 Å². The molecule has 0 heterocycles. The highest BCUT2D eigenvalue weighted by atomic mass is 79.9. The number of nitrogens with two attached hydrogens (primary N) is 1. The van der Waals surface area contributed by atoms with Gasteiger partial charge in [-0.1, -0.05) is 47.3 Å². The second kappa shape index (κ2) is 6.53. The number of rotatable bonds is 4. The number of halogens is 1. The maximum atomic E-state index is 11.7. The first-order valence-electron chi connectivity index (χ1n) is 6.89. The Balaban J connectivity index is 2.17. The summed E-state index contributed by atoms with van der Waals surface area (Å²) in [5.74, 6) is -0.310. The molecule has 104 valence electrons. The predicted octanol–water partition coefficient (Wildman–Crippen LogP) is 3.21. The van der Waals surface area contributed by atoms with Crippen molar-refractivity contribution in [3.8, 4) is 0 Å². The van der Waals surface area contributed by atoms with Crippen LogP contribution < -0.4 is 11.1 Å². The number of carbonyl (C=O) groups is 1. The van der Waals surface area contributed by atoms with Gasteiger partial charge in [0, 0.05) is 10.5 Å². The van der Waals surface area contributed by atoms with E-state index >= 15 is 0 Å². The van der Waals surface area contributed by atoms with Gasteiger partial charge in [-0.2, -0.15) is 0 Å². The molecule has 1 aliphatic rings. The largest absolute Gasteiger partial charge is 0.368 e. The van der Waals surface area contributed by atoms with E-state index in [1.54, 1.807) is 0 Å². The standard InChI is InChI=1S/C15H21BrN2O/c1-10-7-8-12(13(16)9-10)14(15(17)19)18-11-5-3-2-4-6-11/h7-9,11,14,18H,2-6H2,1H3,(H2,17,19). The molecule has 0 aromatic heterocycles. The summed E-state index contributed by atoms with van der Waals surface area (Å²) in [5.41, 5.74) is 7.67. The molecular weight excluding hydrogens is 304 g/mol. The van der Waals surface area contributed by atoms with Gasteiger partial charge in [0.2, 0.25) is 5.91 Å². The van der Waals surface area contributed by atoms with Gasteiger partial charge < -0.3 is 5.73 Å². The fourth-order valence-corrected chi connectivity index (χ4v) is 3.42. The fraction of sp³-hybridized carbons (Fsp3) is 0.533. The normalized spacial score (nSPS) is 18.2. The number of hydrogen-bond acceptors (Lipinski definition) is 2. The summed E-state index contributed by atoms with van der Waals surface area (Å²) in [6.07, 6.45) is 6.03. The van der Waals surface area contributed by atoms with Gasteiger partial charge in [-0.15, -0.1) is 0 Å². The molecule has 1 saturated carbocycles. The number of nitrogens with one attached hydrogen (secondary N) is 1. The van der Waals surface area contributed by atoms with Crippen LogP contribution in [0.2, 0.25) is 0 Å². The van der Waals surface area contributed by atoms with Crippen molar-refractivity contribution in [1.29, 1.82) is 0 Å². The number of aryl methyl sites for hydroxylation is 1. The van der Waals surface area contributed by atoms with E-state index in [2.05, 4.69) is 21.2 Å². The Kier molecular flexibility index (Phi) is 4.99. The lowest BCUT2D eigenvalue weighted by Gasteiger charge is -2.27. The molecule has 3 nitrogen and oxygen atoms in total. The Labute approximate surface area is 123 Å². The molecule has 0 radical (unpaired) electrons. The van der Waals surface area contributed by atoms with E-state index in [4.69, 9.17) is 5.73 Å². The molecule has 1 fully saturated rings. The number of primary amides is 1. The number of hydrogen-bond donors (Lipinski definition) is 2. The molecule has 1 atom stereocenters. The van der Waals surface area contributed by atoms with E-state index in [9.17, 15) is 4.79 Å². The summed E-state index contributed by atoms with van der Waals surface area (Å²) in [7, 11) is 0. The maximum absolute atomic E-state index is 11.7.